The quantitative estimate of drug-likeness (QED) is 0.349. The van der Waals surface area contributed by atoms with Crippen LogP contribution < -0.4 is 5.32 Å². The van der Waals surface area contributed by atoms with Crippen molar-refractivity contribution in [1.82, 2.24) is 5.16 Å². The highest BCUT2D eigenvalue weighted by Crippen LogP contribution is 2.53. The van der Waals surface area contributed by atoms with Crippen molar-refractivity contribution in [1.29, 1.82) is 0 Å². The Morgan fingerprint density at radius 1 is 1.22 bits per heavy atom. The summed E-state index contributed by atoms with van der Waals surface area (Å²) in [4.78, 5) is 21.4. The molecule has 2 aromatic rings. The largest absolute Gasteiger partial charge is 0.483 e. The molecule has 36 heavy (non-hydrogen) atoms. The minimum atomic E-state index is -0.250. The van der Waals surface area contributed by atoms with Crippen LogP contribution in [0.2, 0.25) is 0 Å². The van der Waals surface area contributed by atoms with Crippen LogP contribution in [0.1, 0.15) is 125 Å². The molecule has 2 aliphatic rings. The second kappa shape index (κ2) is 12.1. The van der Waals surface area contributed by atoms with E-state index >= 15 is 0 Å². The summed E-state index contributed by atoms with van der Waals surface area (Å²) < 4.78 is 6.03. The Kier molecular flexibility index (Phi) is 9.37. The fourth-order valence-electron chi connectivity index (χ4n) is 5.56. The zero-order chi connectivity index (χ0) is 26.5. The van der Waals surface area contributed by atoms with E-state index in [-0.39, 0.29) is 18.3 Å². The third kappa shape index (κ3) is 7.21. The Balaban J connectivity index is 0.00000115. The lowest BCUT2D eigenvalue weighted by atomic mass is 9.67. The van der Waals surface area contributed by atoms with Crippen LogP contribution in [0, 0.1) is 18.3 Å². The van der Waals surface area contributed by atoms with E-state index in [0.29, 0.717) is 23.7 Å². The summed E-state index contributed by atoms with van der Waals surface area (Å²) in [5.41, 5.74) is 6.08. The number of benzene rings is 1. The van der Waals surface area contributed by atoms with Gasteiger partial charge >= 0.3 is 0 Å². The van der Waals surface area contributed by atoms with E-state index in [0.717, 1.165) is 41.5 Å². The lowest BCUT2D eigenvalue weighted by Crippen LogP contribution is -2.26. The molecule has 1 amide bonds. The normalized spacial score (nSPS) is 20.1. The SMILES string of the molecule is CCc1ccc(C)c(NC(=O)CC(CC)c2noc(C3CC(CC(C)(C)C)C3)c2C2CC2)c1.O=CO. The van der Waals surface area contributed by atoms with Gasteiger partial charge in [0.2, 0.25) is 5.91 Å². The fraction of sp³-hybridized carbons (Fsp3) is 0.633. The highest BCUT2D eigenvalue weighted by molar-refractivity contribution is 5.92. The van der Waals surface area contributed by atoms with E-state index in [1.54, 1.807) is 0 Å². The van der Waals surface area contributed by atoms with E-state index in [9.17, 15) is 4.79 Å². The number of carboxylic acid groups (broad SMARTS) is 1. The number of nitrogens with one attached hydrogen (secondary N) is 1. The zero-order valence-electron chi connectivity index (χ0n) is 22.9. The van der Waals surface area contributed by atoms with Gasteiger partial charge in [-0.2, -0.15) is 0 Å². The minimum absolute atomic E-state index is 0.0679. The molecule has 2 saturated carbocycles. The van der Waals surface area contributed by atoms with Gasteiger partial charge in [-0.3, -0.25) is 9.59 Å². The Morgan fingerprint density at radius 3 is 2.44 bits per heavy atom. The fourth-order valence-corrected chi connectivity index (χ4v) is 5.56. The number of anilines is 1. The maximum Gasteiger partial charge on any atom is 0.290 e. The maximum absolute atomic E-state index is 13.0. The Labute approximate surface area is 216 Å². The molecule has 1 aromatic heterocycles. The van der Waals surface area contributed by atoms with Crippen molar-refractivity contribution in [3.63, 3.8) is 0 Å². The zero-order valence-corrected chi connectivity index (χ0v) is 22.9. The molecule has 4 rings (SSSR count). The number of rotatable bonds is 9. The third-order valence-corrected chi connectivity index (χ3v) is 7.57. The molecule has 1 unspecified atom stereocenters. The van der Waals surface area contributed by atoms with Gasteiger partial charge in [-0.15, -0.1) is 0 Å². The molecule has 1 heterocycles. The standard InChI is InChI=1S/C29H42N2O2.CH2O2/c1-7-19-10-9-18(3)24(15-19)30-25(32)16-21(8-2)27-26(22-11-12-22)28(33-31-27)23-13-20(14-23)17-29(4,5)6;2-1-3/h9-10,15,20-23H,7-8,11-14,16-17H2,1-6H3,(H,30,32);1H,(H,2,3). The number of nitrogens with zero attached hydrogens (tertiary/aromatic N) is 1. The lowest BCUT2D eigenvalue weighted by molar-refractivity contribution is -0.123. The average Bonchev–Trinajstić information content (AvgIpc) is 3.54. The van der Waals surface area contributed by atoms with Crippen molar-refractivity contribution < 1.29 is 19.2 Å². The summed E-state index contributed by atoms with van der Waals surface area (Å²) in [6, 6.07) is 6.32. The van der Waals surface area contributed by atoms with Crippen molar-refractivity contribution in [2.75, 3.05) is 5.32 Å². The van der Waals surface area contributed by atoms with Crippen LogP contribution in [0.5, 0.6) is 0 Å². The van der Waals surface area contributed by atoms with Gasteiger partial charge in [-0.1, -0.05) is 51.9 Å². The van der Waals surface area contributed by atoms with Crippen molar-refractivity contribution in [3.05, 3.63) is 46.3 Å². The Hall–Kier alpha value is -2.63. The van der Waals surface area contributed by atoms with Gasteiger partial charge in [-0.25, -0.2) is 0 Å². The van der Waals surface area contributed by atoms with Crippen LogP contribution in [0.3, 0.4) is 0 Å². The molecule has 198 valence electrons. The van der Waals surface area contributed by atoms with Crippen LogP contribution in [-0.4, -0.2) is 22.6 Å². The summed E-state index contributed by atoms with van der Waals surface area (Å²) in [7, 11) is 0. The second-order valence-electron chi connectivity index (χ2n) is 11.9. The van der Waals surface area contributed by atoms with Crippen molar-refractivity contribution >= 4 is 18.1 Å². The van der Waals surface area contributed by atoms with Crippen molar-refractivity contribution in [3.8, 4) is 0 Å². The van der Waals surface area contributed by atoms with Gasteiger partial charge in [0.25, 0.3) is 6.47 Å². The minimum Gasteiger partial charge on any atom is -0.483 e. The van der Waals surface area contributed by atoms with Crippen molar-refractivity contribution in [2.45, 2.75) is 111 Å². The highest BCUT2D eigenvalue weighted by atomic mass is 16.5. The van der Waals surface area contributed by atoms with Crippen LogP contribution in [0.4, 0.5) is 5.69 Å². The summed E-state index contributed by atoms with van der Waals surface area (Å²) in [6.45, 7) is 13.1. The first-order valence-corrected chi connectivity index (χ1v) is 13.6. The third-order valence-electron chi connectivity index (χ3n) is 7.57. The van der Waals surface area contributed by atoms with E-state index < -0.39 is 0 Å². The van der Waals surface area contributed by atoms with Crippen LogP contribution >= 0.6 is 0 Å². The molecular formula is C30H44N2O4. The average molecular weight is 497 g/mol. The maximum atomic E-state index is 13.0. The molecule has 1 atom stereocenters. The van der Waals surface area contributed by atoms with E-state index in [1.165, 1.54) is 43.2 Å². The molecule has 6 heteroatoms. The number of hydrogen-bond donors (Lipinski definition) is 2. The monoisotopic (exact) mass is 496 g/mol. The predicted molar refractivity (Wildman–Crippen MR) is 144 cm³/mol. The Morgan fingerprint density at radius 2 is 1.89 bits per heavy atom. The van der Waals surface area contributed by atoms with Gasteiger partial charge in [-0.05, 0) is 86.3 Å². The highest BCUT2D eigenvalue weighted by Gasteiger charge is 2.42. The summed E-state index contributed by atoms with van der Waals surface area (Å²) in [5.74, 6) is 3.22. The first-order chi connectivity index (χ1) is 17.1. The van der Waals surface area contributed by atoms with E-state index in [1.807, 2.05) is 6.92 Å². The molecule has 1 aromatic carbocycles. The Bertz CT molecular complexity index is 1030. The molecule has 0 spiro atoms. The molecule has 2 fully saturated rings. The summed E-state index contributed by atoms with van der Waals surface area (Å²) in [5, 5.41) is 14.7. The number of aryl methyl sites for hydroxylation is 2. The van der Waals surface area contributed by atoms with Crippen molar-refractivity contribution in [2.24, 2.45) is 11.3 Å². The molecule has 2 aliphatic carbocycles. The predicted octanol–water partition coefficient (Wildman–Crippen LogP) is 7.58. The molecule has 6 nitrogen and oxygen atoms in total. The molecule has 0 aliphatic heterocycles. The molecule has 0 radical (unpaired) electrons. The van der Waals surface area contributed by atoms with Gasteiger partial charge in [0, 0.05) is 29.5 Å². The summed E-state index contributed by atoms with van der Waals surface area (Å²) in [6.07, 6.45) is 8.48. The smallest absolute Gasteiger partial charge is 0.290 e. The summed E-state index contributed by atoms with van der Waals surface area (Å²) >= 11 is 0. The molecule has 0 bridgehead atoms. The first kappa shape index (κ1) is 27.9. The van der Waals surface area contributed by atoms with Gasteiger partial charge in [0.05, 0.1) is 5.69 Å². The van der Waals surface area contributed by atoms with E-state index in [2.05, 4.69) is 63.3 Å². The number of aromatic nitrogens is 1. The molecular weight excluding hydrogens is 452 g/mol. The van der Waals surface area contributed by atoms with Crippen LogP contribution in [0.25, 0.3) is 0 Å². The van der Waals surface area contributed by atoms with E-state index in [4.69, 9.17) is 14.4 Å². The number of carbonyl (C=O) groups is 2. The number of carbonyl (C=O) groups excluding carboxylic acids is 1. The van der Waals surface area contributed by atoms with Crippen LogP contribution in [-0.2, 0) is 16.0 Å². The number of amides is 1. The van der Waals surface area contributed by atoms with Gasteiger partial charge in [0.1, 0.15) is 5.76 Å². The topological polar surface area (TPSA) is 92.4 Å². The molecule has 0 saturated heterocycles. The first-order valence-electron chi connectivity index (χ1n) is 13.6. The second-order valence-corrected chi connectivity index (χ2v) is 11.9. The van der Waals surface area contributed by atoms with Crippen LogP contribution in [0.15, 0.2) is 22.7 Å². The molecule has 2 N–H and O–H groups in total. The van der Waals surface area contributed by atoms with Gasteiger partial charge in [0.15, 0.2) is 0 Å². The number of hydrogen-bond acceptors (Lipinski definition) is 4. The van der Waals surface area contributed by atoms with Gasteiger partial charge < -0.3 is 14.9 Å². The lowest BCUT2D eigenvalue weighted by Gasteiger charge is -2.38.